The van der Waals surface area contributed by atoms with E-state index in [0.29, 0.717) is 11.8 Å². The predicted molar refractivity (Wildman–Crippen MR) is 141 cm³/mol. The fourth-order valence-corrected chi connectivity index (χ4v) is 4.58. The molecule has 0 amide bonds. The fraction of sp³-hybridized carbons (Fsp3) is 0.0667. The van der Waals surface area contributed by atoms with Crippen LogP contribution >= 0.6 is 0 Å². The summed E-state index contributed by atoms with van der Waals surface area (Å²) >= 11 is 0. The number of fused-ring (bicyclic) bond motifs is 4. The molecule has 7 aromatic rings. The monoisotopic (exact) mass is 472 g/mol. The molecule has 2 aromatic heterocycles. The number of rotatable bonds is 4. The predicted octanol–water partition coefficient (Wildman–Crippen LogP) is 7.63. The van der Waals surface area contributed by atoms with E-state index < -0.39 is 0 Å². The Hall–Kier alpha value is -4.84. The van der Waals surface area contributed by atoms with Crippen LogP contribution in [0.25, 0.3) is 66.7 Å². The zero-order valence-corrected chi connectivity index (χ0v) is 19.6. The molecule has 0 saturated carbocycles. The summed E-state index contributed by atoms with van der Waals surface area (Å²) in [5, 5.41) is 4.48. The second-order valence-corrected chi connectivity index (χ2v) is 8.68. The smallest absolute Gasteiger partial charge is 0.227 e. The average Bonchev–Trinajstić information content (AvgIpc) is 3.54. The Kier molecular flexibility index (Phi) is 4.48. The Balaban J connectivity index is 1.28. The number of aromatic nitrogens is 2. The van der Waals surface area contributed by atoms with Crippen molar-refractivity contribution in [2.45, 2.75) is 0 Å². The van der Waals surface area contributed by atoms with Gasteiger partial charge in [-0.25, -0.2) is 9.97 Å². The standard InChI is InChI=1S/C30H20N2O4/c1-33-23-7-9-27-25(15-23)31-29(35-27)19-5-3-17-12-22-14-20(6-4-18(22)11-21(17)13-19)30-32-26-16-24(34-2)8-10-28(26)36-30/h3-16H,1-2H3. The minimum Gasteiger partial charge on any atom is -0.497 e. The van der Waals surface area contributed by atoms with Gasteiger partial charge in [-0.2, -0.15) is 0 Å². The molecule has 174 valence electrons. The van der Waals surface area contributed by atoms with Gasteiger partial charge < -0.3 is 18.3 Å². The maximum atomic E-state index is 6.00. The van der Waals surface area contributed by atoms with Crippen LogP contribution in [0.2, 0.25) is 0 Å². The quantitative estimate of drug-likeness (QED) is 0.245. The van der Waals surface area contributed by atoms with Crippen molar-refractivity contribution in [2.75, 3.05) is 14.2 Å². The topological polar surface area (TPSA) is 70.5 Å². The van der Waals surface area contributed by atoms with E-state index >= 15 is 0 Å². The third-order valence-corrected chi connectivity index (χ3v) is 6.48. The summed E-state index contributed by atoms with van der Waals surface area (Å²) in [7, 11) is 3.28. The molecule has 6 heteroatoms. The molecular formula is C30H20N2O4. The zero-order valence-electron chi connectivity index (χ0n) is 19.6. The van der Waals surface area contributed by atoms with Crippen LogP contribution in [-0.4, -0.2) is 24.2 Å². The Labute approximate surface area is 205 Å². The Morgan fingerprint density at radius 2 is 0.972 bits per heavy atom. The number of nitrogens with zero attached hydrogens (tertiary/aromatic N) is 2. The van der Waals surface area contributed by atoms with Crippen LogP contribution in [0.1, 0.15) is 0 Å². The van der Waals surface area contributed by atoms with Crippen LogP contribution in [0.3, 0.4) is 0 Å². The second kappa shape index (κ2) is 7.85. The van der Waals surface area contributed by atoms with E-state index in [-0.39, 0.29) is 0 Å². The van der Waals surface area contributed by atoms with Gasteiger partial charge in [-0.1, -0.05) is 12.1 Å². The first-order chi connectivity index (χ1) is 17.7. The van der Waals surface area contributed by atoms with Crippen molar-refractivity contribution in [1.82, 2.24) is 9.97 Å². The van der Waals surface area contributed by atoms with Crippen LogP contribution < -0.4 is 9.47 Å². The first-order valence-electron chi connectivity index (χ1n) is 11.5. The molecular weight excluding hydrogens is 452 g/mol. The molecule has 6 nitrogen and oxygen atoms in total. The van der Waals surface area contributed by atoms with Gasteiger partial charge in [-0.3, -0.25) is 0 Å². The molecule has 0 atom stereocenters. The lowest BCUT2D eigenvalue weighted by Gasteiger charge is -2.05. The molecule has 7 rings (SSSR count). The summed E-state index contributed by atoms with van der Waals surface area (Å²) in [4.78, 5) is 9.33. The van der Waals surface area contributed by atoms with Crippen molar-refractivity contribution in [3.63, 3.8) is 0 Å². The maximum absolute atomic E-state index is 6.00. The van der Waals surface area contributed by atoms with Crippen LogP contribution in [0.4, 0.5) is 0 Å². The van der Waals surface area contributed by atoms with E-state index in [9.17, 15) is 0 Å². The first kappa shape index (κ1) is 20.5. The van der Waals surface area contributed by atoms with E-state index in [1.54, 1.807) is 14.2 Å². The summed E-state index contributed by atoms with van der Waals surface area (Å²) < 4.78 is 22.6. The Morgan fingerprint density at radius 1 is 0.500 bits per heavy atom. The second-order valence-electron chi connectivity index (χ2n) is 8.68. The zero-order chi connectivity index (χ0) is 24.2. The van der Waals surface area contributed by atoms with E-state index in [0.717, 1.165) is 66.4 Å². The van der Waals surface area contributed by atoms with Gasteiger partial charge in [-0.05, 0) is 82.2 Å². The highest BCUT2D eigenvalue weighted by molar-refractivity contribution is 6.00. The maximum Gasteiger partial charge on any atom is 0.227 e. The van der Waals surface area contributed by atoms with Gasteiger partial charge in [0.1, 0.15) is 22.5 Å². The van der Waals surface area contributed by atoms with Gasteiger partial charge in [0.25, 0.3) is 0 Å². The molecule has 0 aliphatic heterocycles. The normalized spacial score (nSPS) is 11.6. The summed E-state index contributed by atoms with van der Waals surface area (Å²) in [6, 6.07) is 28.1. The lowest BCUT2D eigenvalue weighted by molar-refractivity contribution is 0.415. The van der Waals surface area contributed by atoms with Crippen LogP contribution in [0, 0.1) is 0 Å². The number of hydrogen-bond acceptors (Lipinski definition) is 6. The van der Waals surface area contributed by atoms with Gasteiger partial charge in [0, 0.05) is 23.3 Å². The van der Waals surface area contributed by atoms with E-state index in [1.165, 1.54) is 0 Å². The van der Waals surface area contributed by atoms with E-state index in [2.05, 4.69) is 46.4 Å². The lowest BCUT2D eigenvalue weighted by atomic mass is 10.00. The van der Waals surface area contributed by atoms with Gasteiger partial charge >= 0.3 is 0 Å². The van der Waals surface area contributed by atoms with Crippen LogP contribution in [-0.2, 0) is 0 Å². The third kappa shape index (κ3) is 3.34. The molecule has 0 N–H and O–H groups in total. The molecule has 5 aromatic carbocycles. The van der Waals surface area contributed by atoms with Gasteiger partial charge in [-0.15, -0.1) is 0 Å². The minimum atomic E-state index is 0.586. The summed E-state index contributed by atoms with van der Waals surface area (Å²) in [6.07, 6.45) is 0. The molecule has 0 radical (unpaired) electrons. The molecule has 0 aliphatic carbocycles. The number of benzene rings is 5. The minimum absolute atomic E-state index is 0.586. The van der Waals surface area contributed by atoms with Crippen LogP contribution in [0.5, 0.6) is 11.5 Å². The lowest BCUT2D eigenvalue weighted by Crippen LogP contribution is -1.83. The summed E-state index contributed by atoms with van der Waals surface area (Å²) in [5.74, 6) is 2.68. The fourth-order valence-electron chi connectivity index (χ4n) is 4.58. The highest BCUT2D eigenvalue weighted by atomic mass is 16.5. The molecule has 0 aliphatic rings. The van der Waals surface area contributed by atoms with Crippen molar-refractivity contribution in [3.05, 3.63) is 84.9 Å². The molecule has 0 spiro atoms. The van der Waals surface area contributed by atoms with Crippen molar-refractivity contribution in [1.29, 1.82) is 0 Å². The third-order valence-electron chi connectivity index (χ3n) is 6.48. The van der Waals surface area contributed by atoms with Gasteiger partial charge in [0.15, 0.2) is 11.2 Å². The molecule has 0 bridgehead atoms. The number of methoxy groups -OCH3 is 2. The van der Waals surface area contributed by atoms with Crippen molar-refractivity contribution < 1.29 is 18.3 Å². The van der Waals surface area contributed by atoms with Crippen molar-refractivity contribution in [2.24, 2.45) is 0 Å². The SMILES string of the molecule is COc1ccc2oc(-c3ccc4cc5cc(-c6nc7cc(OC)ccc7o6)ccc5cc4c3)nc2c1. The number of ether oxygens (including phenoxy) is 2. The molecule has 0 unspecified atom stereocenters. The molecule has 0 fully saturated rings. The number of oxazole rings is 2. The molecule has 2 heterocycles. The molecule has 0 saturated heterocycles. The van der Waals surface area contributed by atoms with Gasteiger partial charge in [0.2, 0.25) is 11.8 Å². The highest BCUT2D eigenvalue weighted by Crippen LogP contribution is 2.33. The largest absolute Gasteiger partial charge is 0.497 e. The van der Waals surface area contributed by atoms with Crippen molar-refractivity contribution in [3.8, 4) is 34.4 Å². The Morgan fingerprint density at radius 3 is 1.42 bits per heavy atom. The summed E-state index contributed by atoms with van der Waals surface area (Å²) in [5.41, 5.74) is 4.86. The Bertz CT molecular complexity index is 1790. The van der Waals surface area contributed by atoms with Crippen LogP contribution in [0.15, 0.2) is 93.8 Å². The van der Waals surface area contributed by atoms with Crippen molar-refractivity contribution >= 4 is 43.7 Å². The highest BCUT2D eigenvalue weighted by Gasteiger charge is 2.12. The van der Waals surface area contributed by atoms with E-state index in [4.69, 9.17) is 18.3 Å². The van der Waals surface area contributed by atoms with E-state index in [1.807, 2.05) is 48.5 Å². The summed E-state index contributed by atoms with van der Waals surface area (Å²) in [6.45, 7) is 0. The molecule has 36 heavy (non-hydrogen) atoms. The first-order valence-corrected chi connectivity index (χ1v) is 11.5. The van der Waals surface area contributed by atoms with Gasteiger partial charge in [0.05, 0.1) is 14.2 Å². The number of hydrogen-bond donors (Lipinski definition) is 0. The average molecular weight is 473 g/mol.